The molecule has 2 unspecified atom stereocenters. The Hall–Kier alpha value is -1.59. The fourth-order valence-electron chi connectivity index (χ4n) is 2.85. The van der Waals surface area contributed by atoms with E-state index >= 15 is 0 Å². The average Bonchev–Trinajstić information content (AvgIpc) is 2.47. The molecule has 0 radical (unpaired) electrons. The number of rotatable bonds is 5. The Bertz CT molecular complexity index is 461. The molecule has 21 heavy (non-hydrogen) atoms. The zero-order valence-corrected chi connectivity index (χ0v) is 12.7. The summed E-state index contributed by atoms with van der Waals surface area (Å²) in [6, 6.07) is 8.24. The highest BCUT2D eigenvalue weighted by Gasteiger charge is 2.27. The number of likely N-dealkylation sites (tertiary alicyclic amines) is 1. The van der Waals surface area contributed by atoms with Crippen molar-refractivity contribution in [3.8, 4) is 5.75 Å². The van der Waals surface area contributed by atoms with Crippen molar-refractivity contribution in [1.82, 2.24) is 4.90 Å². The zero-order valence-electron chi connectivity index (χ0n) is 12.7. The van der Waals surface area contributed by atoms with Crippen LogP contribution in [0.4, 0.5) is 0 Å². The molecule has 116 valence electrons. The number of nitrogens with zero attached hydrogens (tertiary/aromatic N) is 1. The molecule has 1 saturated heterocycles. The van der Waals surface area contributed by atoms with Gasteiger partial charge in [0.2, 0.25) is 0 Å². The summed E-state index contributed by atoms with van der Waals surface area (Å²) < 4.78 is 10.2. The second-order valence-corrected chi connectivity index (χ2v) is 5.46. The van der Waals surface area contributed by atoms with Crippen LogP contribution in [-0.4, -0.2) is 50.3 Å². The summed E-state index contributed by atoms with van der Waals surface area (Å²) in [6.07, 6.45) is 0.936. The minimum absolute atomic E-state index is 0.0833. The summed E-state index contributed by atoms with van der Waals surface area (Å²) in [6.45, 7) is 4.51. The van der Waals surface area contributed by atoms with Gasteiger partial charge in [-0.25, -0.2) is 0 Å². The lowest BCUT2D eigenvalue weighted by atomic mass is 9.88. The summed E-state index contributed by atoms with van der Waals surface area (Å²) >= 11 is 0. The fourth-order valence-corrected chi connectivity index (χ4v) is 2.85. The third kappa shape index (κ3) is 4.44. The van der Waals surface area contributed by atoms with Crippen LogP contribution in [0.1, 0.15) is 24.8 Å². The number of esters is 1. The van der Waals surface area contributed by atoms with Crippen LogP contribution < -0.4 is 10.5 Å². The van der Waals surface area contributed by atoms with E-state index in [1.165, 1.54) is 12.7 Å². The van der Waals surface area contributed by atoms with Gasteiger partial charge in [0.05, 0.1) is 20.3 Å². The summed E-state index contributed by atoms with van der Waals surface area (Å²) in [4.78, 5) is 13.5. The van der Waals surface area contributed by atoms with Crippen LogP contribution in [0.3, 0.4) is 0 Å². The monoisotopic (exact) mass is 292 g/mol. The molecule has 1 fully saturated rings. The molecule has 2 rings (SSSR count). The predicted octanol–water partition coefficient (Wildman–Crippen LogP) is 1.37. The molecule has 2 N–H and O–H groups in total. The van der Waals surface area contributed by atoms with Crippen molar-refractivity contribution in [1.29, 1.82) is 0 Å². The molecule has 0 aliphatic carbocycles. The first-order valence-electron chi connectivity index (χ1n) is 7.40. The Morgan fingerprint density at radius 2 is 2.05 bits per heavy atom. The normalized spacial score (nSPS) is 22.8. The van der Waals surface area contributed by atoms with E-state index in [1.54, 1.807) is 0 Å². The largest absolute Gasteiger partial charge is 0.494 e. The number of benzene rings is 1. The maximum atomic E-state index is 11.4. The first-order chi connectivity index (χ1) is 10.1. The van der Waals surface area contributed by atoms with E-state index in [4.69, 9.17) is 15.2 Å². The zero-order chi connectivity index (χ0) is 15.2. The van der Waals surface area contributed by atoms with Gasteiger partial charge in [-0.15, -0.1) is 0 Å². The van der Waals surface area contributed by atoms with Gasteiger partial charge in [0.1, 0.15) is 5.75 Å². The first-order valence-corrected chi connectivity index (χ1v) is 7.40. The third-order valence-corrected chi connectivity index (χ3v) is 3.80. The minimum atomic E-state index is -0.213. The van der Waals surface area contributed by atoms with Crippen LogP contribution in [0.15, 0.2) is 24.3 Å². The van der Waals surface area contributed by atoms with Gasteiger partial charge in [-0.3, -0.25) is 9.69 Å². The lowest BCUT2D eigenvalue weighted by Crippen LogP contribution is -2.48. The SMILES string of the molecule is CCOc1ccc(C2CC(N)CN(CC(=O)OC)C2)cc1. The second kappa shape index (κ2) is 7.43. The van der Waals surface area contributed by atoms with E-state index in [-0.39, 0.29) is 12.0 Å². The molecule has 1 aromatic rings. The Balaban J connectivity index is 2.02. The molecule has 0 spiro atoms. The maximum absolute atomic E-state index is 11.4. The van der Waals surface area contributed by atoms with Gasteiger partial charge in [-0.05, 0) is 37.0 Å². The summed E-state index contributed by atoms with van der Waals surface area (Å²) in [5.74, 6) is 1.01. The highest BCUT2D eigenvalue weighted by Crippen LogP contribution is 2.27. The molecule has 0 amide bonds. The van der Waals surface area contributed by atoms with Crippen LogP contribution in [0.25, 0.3) is 0 Å². The van der Waals surface area contributed by atoms with Crippen molar-refractivity contribution in [3.63, 3.8) is 0 Å². The summed E-state index contributed by atoms with van der Waals surface area (Å²) in [5, 5.41) is 0. The van der Waals surface area contributed by atoms with E-state index in [9.17, 15) is 4.79 Å². The maximum Gasteiger partial charge on any atom is 0.319 e. The van der Waals surface area contributed by atoms with E-state index < -0.39 is 0 Å². The van der Waals surface area contributed by atoms with Crippen LogP contribution in [0.2, 0.25) is 0 Å². The third-order valence-electron chi connectivity index (χ3n) is 3.80. The first kappa shape index (κ1) is 15.8. The average molecular weight is 292 g/mol. The van der Waals surface area contributed by atoms with E-state index in [0.717, 1.165) is 25.3 Å². The number of ether oxygens (including phenoxy) is 2. The van der Waals surface area contributed by atoms with Crippen LogP contribution >= 0.6 is 0 Å². The standard InChI is InChI=1S/C16H24N2O3/c1-3-21-15-6-4-12(5-7-15)13-8-14(17)10-18(9-13)11-16(19)20-2/h4-7,13-14H,3,8-11,17H2,1-2H3. The topological polar surface area (TPSA) is 64.8 Å². The van der Waals surface area contributed by atoms with Crippen molar-refractivity contribution < 1.29 is 14.3 Å². The molecule has 5 heteroatoms. The van der Waals surface area contributed by atoms with Gasteiger partial charge < -0.3 is 15.2 Å². The molecule has 0 saturated carbocycles. The predicted molar refractivity (Wildman–Crippen MR) is 81.4 cm³/mol. The molecule has 5 nitrogen and oxygen atoms in total. The van der Waals surface area contributed by atoms with E-state index in [0.29, 0.717) is 19.1 Å². The number of piperidine rings is 1. The van der Waals surface area contributed by atoms with E-state index in [2.05, 4.69) is 17.0 Å². The highest BCUT2D eigenvalue weighted by atomic mass is 16.5. The van der Waals surface area contributed by atoms with Gasteiger partial charge in [0.25, 0.3) is 0 Å². The van der Waals surface area contributed by atoms with Crippen molar-refractivity contribution in [2.45, 2.75) is 25.3 Å². The number of methoxy groups -OCH3 is 1. The lowest BCUT2D eigenvalue weighted by Gasteiger charge is -2.35. The minimum Gasteiger partial charge on any atom is -0.494 e. The van der Waals surface area contributed by atoms with Gasteiger partial charge in [0, 0.05) is 19.1 Å². The summed E-state index contributed by atoms with van der Waals surface area (Å²) in [7, 11) is 1.41. The molecule has 0 bridgehead atoms. The molecular formula is C16H24N2O3. The number of carbonyl (C=O) groups excluding carboxylic acids is 1. The molecular weight excluding hydrogens is 268 g/mol. The van der Waals surface area contributed by atoms with E-state index in [1.807, 2.05) is 19.1 Å². The number of hydrogen-bond donors (Lipinski definition) is 1. The van der Waals surface area contributed by atoms with Gasteiger partial charge in [-0.2, -0.15) is 0 Å². The second-order valence-electron chi connectivity index (χ2n) is 5.46. The molecule has 2 atom stereocenters. The van der Waals surface area contributed by atoms with Gasteiger partial charge >= 0.3 is 5.97 Å². The lowest BCUT2D eigenvalue weighted by molar-refractivity contribution is -0.142. The number of nitrogens with two attached hydrogens (primary N) is 1. The molecule has 1 aliphatic rings. The highest BCUT2D eigenvalue weighted by molar-refractivity contribution is 5.71. The molecule has 0 aromatic heterocycles. The Morgan fingerprint density at radius 1 is 1.33 bits per heavy atom. The van der Waals surface area contributed by atoms with Crippen LogP contribution in [0.5, 0.6) is 5.75 Å². The number of hydrogen-bond acceptors (Lipinski definition) is 5. The summed E-state index contributed by atoms with van der Waals surface area (Å²) in [5.41, 5.74) is 7.37. The van der Waals surface area contributed by atoms with Crippen molar-refractivity contribution in [3.05, 3.63) is 29.8 Å². The quantitative estimate of drug-likeness (QED) is 0.831. The van der Waals surface area contributed by atoms with Crippen molar-refractivity contribution in [2.24, 2.45) is 5.73 Å². The Morgan fingerprint density at radius 3 is 2.67 bits per heavy atom. The molecule has 1 aliphatic heterocycles. The fraction of sp³-hybridized carbons (Fsp3) is 0.562. The van der Waals surface area contributed by atoms with Gasteiger partial charge in [0.15, 0.2) is 0 Å². The Labute approximate surface area is 126 Å². The van der Waals surface area contributed by atoms with Crippen molar-refractivity contribution >= 4 is 5.97 Å². The Kier molecular flexibility index (Phi) is 5.59. The number of carbonyl (C=O) groups is 1. The van der Waals surface area contributed by atoms with Crippen LogP contribution in [0, 0.1) is 0 Å². The van der Waals surface area contributed by atoms with Crippen LogP contribution in [-0.2, 0) is 9.53 Å². The smallest absolute Gasteiger partial charge is 0.319 e. The molecule has 1 heterocycles. The van der Waals surface area contributed by atoms with Crippen molar-refractivity contribution in [2.75, 3.05) is 33.4 Å². The molecule has 1 aromatic carbocycles. The van der Waals surface area contributed by atoms with Gasteiger partial charge in [-0.1, -0.05) is 12.1 Å².